The van der Waals surface area contributed by atoms with E-state index in [2.05, 4.69) is 41.8 Å². The number of amides is 1. The maximum atomic E-state index is 13.1. The van der Waals surface area contributed by atoms with Gasteiger partial charge < -0.3 is 5.73 Å². The molecule has 0 radical (unpaired) electrons. The van der Waals surface area contributed by atoms with Crippen LogP contribution in [0.5, 0.6) is 0 Å². The molecule has 2 heterocycles. The van der Waals surface area contributed by atoms with Gasteiger partial charge in [-0.1, -0.05) is 44.9 Å². The van der Waals surface area contributed by atoms with Crippen LogP contribution in [0.2, 0.25) is 0 Å². The smallest absolute Gasteiger partial charge is 0.249 e. The molecule has 2 N–H and O–H groups in total. The lowest BCUT2D eigenvalue weighted by atomic mass is 9.69. The molecule has 0 bridgehead atoms. The van der Waals surface area contributed by atoms with Crippen molar-refractivity contribution in [3.05, 3.63) is 34.9 Å². The Labute approximate surface area is 188 Å². The van der Waals surface area contributed by atoms with Crippen molar-refractivity contribution in [1.29, 1.82) is 0 Å². The highest BCUT2D eigenvalue weighted by Crippen LogP contribution is 2.50. The van der Waals surface area contributed by atoms with E-state index >= 15 is 0 Å². The fourth-order valence-corrected chi connectivity index (χ4v) is 7.97. The molecule has 2 aliphatic heterocycles. The molecular weight excluding hydrogens is 382 g/mol. The number of rotatable bonds is 5. The topological polar surface area (TPSA) is 49.6 Å². The molecule has 31 heavy (non-hydrogen) atoms. The molecule has 2 aliphatic carbocycles. The van der Waals surface area contributed by atoms with Gasteiger partial charge >= 0.3 is 0 Å². The van der Waals surface area contributed by atoms with Crippen molar-refractivity contribution in [2.75, 3.05) is 26.2 Å². The minimum atomic E-state index is -0.216. The number of nitrogens with two attached hydrogens (primary N) is 1. The van der Waals surface area contributed by atoms with Gasteiger partial charge in [0.2, 0.25) is 5.91 Å². The monoisotopic (exact) mass is 423 g/mol. The third kappa shape index (κ3) is 3.45. The second-order valence-electron chi connectivity index (χ2n) is 11.2. The van der Waals surface area contributed by atoms with E-state index in [-0.39, 0.29) is 16.7 Å². The summed E-state index contributed by atoms with van der Waals surface area (Å²) < 4.78 is 0. The van der Waals surface area contributed by atoms with Gasteiger partial charge in [0.25, 0.3) is 0 Å². The van der Waals surface area contributed by atoms with Crippen LogP contribution >= 0.6 is 0 Å². The van der Waals surface area contributed by atoms with Gasteiger partial charge in [0, 0.05) is 28.5 Å². The molecule has 4 nitrogen and oxygen atoms in total. The summed E-state index contributed by atoms with van der Waals surface area (Å²) in [5.74, 6) is -0.216. The Bertz CT molecular complexity index is 768. The molecule has 5 rings (SSSR count). The minimum absolute atomic E-state index is 0.0167. The third-order valence-electron chi connectivity index (χ3n) is 9.52. The summed E-state index contributed by atoms with van der Waals surface area (Å²) in [7, 11) is 0. The van der Waals surface area contributed by atoms with Gasteiger partial charge in [-0.15, -0.1) is 0 Å². The van der Waals surface area contributed by atoms with Crippen LogP contribution in [0.15, 0.2) is 18.2 Å². The number of hydrogen-bond donors (Lipinski definition) is 1. The van der Waals surface area contributed by atoms with Crippen LogP contribution in [-0.4, -0.2) is 54.0 Å². The van der Waals surface area contributed by atoms with Crippen molar-refractivity contribution in [3.8, 4) is 0 Å². The highest BCUT2D eigenvalue weighted by molar-refractivity contribution is 5.97. The minimum Gasteiger partial charge on any atom is -0.366 e. The van der Waals surface area contributed by atoms with Crippen molar-refractivity contribution in [2.24, 2.45) is 5.73 Å². The van der Waals surface area contributed by atoms with Crippen molar-refractivity contribution >= 4 is 5.91 Å². The average Bonchev–Trinajstić information content (AvgIpc) is 3.54. The highest BCUT2D eigenvalue weighted by atomic mass is 16.1. The average molecular weight is 424 g/mol. The van der Waals surface area contributed by atoms with Gasteiger partial charge in [-0.2, -0.15) is 0 Å². The molecule has 2 saturated heterocycles. The van der Waals surface area contributed by atoms with E-state index < -0.39 is 0 Å². The predicted octanol–water partition coefficient (Wildman–Crippen LogP) is 4.60. The first kappa shape index (κ1) is 21.5. The van der Waals surface area contributed by atoms with E-state index in [1.165, 1.54) is 88.7 Å². The van der Waals surface area contributed by atoms with Crippen molar-refractivity contribution in [2.45, 2.75) is 101 Å². The van der Waals surface area contributed by atoms with Gasteiger partial charge in [-0.3, -0.25) is 14.6 Å². The van der Waals surface area contributed by atoms with Gasteiger partial charge in [-0.25, -0.2) is 0 Å². The molecule has 4 fully saturated rings. The Morgan fingerprint density at radius 2 is 1.23 bits per heavy atom. The fourth-order valence-electron chi connectivity index (χ4n) is 7.97. The summed E-state index contributed by atoms with van der Waals surface area (Å²) >= 11 is 0. The van der Waals surface area contributed by atoms with Crippen LogP contribution < -0.4 is 5.73 Å². The first-order chi connectivity index (χ1) is 14.9. The number of nitrogens with zero attached hydrogens (tertiary/aromatic N) is 2. The normalized spacial score (nSPS) is 37.1. The number of primary amides is 1. The predicted molar refractivity (Wildman–Crippen MR) is 127 cm³/mol. The quantitative estimate of drug-likeness (QED) is 0.753. The second-order valence-corrected chi connectivity index (χ2v) is 11.2. The molecule has 4 aliphatic rings. The molecular formula is C27H41N3O. The summed E-state index contributed by atoms with van der Waals surface area (Å²) in [6.07, 6.45) is 12.5. The standard InChI is InChI=1S/C27H41N3O/c1-26(14-8-12-22(26)29-16-3-4-17-29)20-10-7-11-21(24(20)25(28)31)27(2)15-9-13-23(27)30-18-5-6-19-30/h7,10-11,22-23H,3-6,8-9,12-19H2,1-2H3,(H2,28,31). The Balaban J connectivity index is 1.59. The molecule has 0 aromatic heterocycles. The van der Waals surface area contributed by atoms with E-state index in [0.717, 1.165) is 18.4 Å². The van der Waals surface area contributed by atoms with Crippen molar-refractivity contribution in [3.63, 3.8) is 0 Å². The van der Waals surface area contributed by atoms with Gasteiger partial charge in [-0.05, 0) is 88.7 Å². The first-order valence-corrected chi connectivity index (χ1v) is 12.9. The summed E-state index contributed by atoms with van der Waals surface area (Å²) in [5, 5.41) is 0. The molecule has 1 aromatic carbocycles. The molecule has 4 heteroatoms. The largest absolute Gasteiger partial charge is 0.366 e. The third-order valence-corrected chi connectivity index (χ3v) is 9.52. The molecule has 2 saturated carbocycles. The van der Waals surface area contributed by atoms with Crippen LogP contribution in [0.1, 0.15) is 99.5 Å². The van der Waals surface area contributed by atoms with E-state index in [4.69, 9.17) is 5.73 Å². The lowest BCUT2D eigenvalue weighted by Gasteiger charge is -2.42. The molecule has 0 spiro atoms. The molecule has 4 atom stereocenters. The summed E-state index contributed by atoms with van der Waals surface area (Å²) in [6, 6.07) is 7.78. The Morgan fingerprint density at radius 3 is 1.61 bits per heavy atom. The molecule has 4 unspecified atom stereocenters. The van der Waals surface area contributed by atoms with E-state index in [1.807, 2.05) is 0 Å². The zero-order chi connectivity index (χ0) is 21.6. The van der Waals surface area contributed by atoms with E-state index in [0.29, 0.717) is 12.1 Å². The first-order valence-electron chi connectivity index (χ1n) is 12.9. The van der Waals surface area contributed by atoms with Crippen LogP contribution in [0.3, 0.4) is 0 Å². The SMILES string of the molecule is CC1(c2cccc(C3(C)CCCC3N3CCCC3)c2C(N)=O)CCCC1N1CCCC1. The van der Waals surface area contributed by atoms with Crippen LogP contribution in [0.25, 0.3) is 0 Å². The lowest BCUT2D eigenvalue weighted by Crippen LogP contribution is -2.47. The summed E-state index contributed by atoms with van der Waals surface area (Å²) in [5.41, 5.74) is 9.57. The number of benzene rings is 1. The van der Waals surface area contributed by atoms with Gasteiger partial charge in [0.15, 0.2) is 0 Å². The maximum absolute atomic E-state index is 13.1. The lowest BCUT2D eigenvalue weighted by molar-refractivity contribution is 0.0989. The van der Waals surface area contributed by atoms with Gasteiger partial charge in [0.05, 0.1) is 0 Å². The number of carbonyl (C=O) groups is 1. The molecule has 1 aromatic rings. The zero-order valence-electron chi connectivity index (χ0n) is 19.7. The van der Waals surface area contributed by atoms with Crippen LogP contribution in [0, 0.1) is 0 Å². The molecule has 170 valence electrons. The van der Waals surface area contributed by atoms with Crippen LogP contribution in [-0.2, 0) is 10.8 Å². The zero-order valence-corrected chi connectivity index (χ0v) is 19.7. The van der Waals surface area contributed by atoms with E-state index in [9.17, 15) is 4.79 Å². The number of likely N-dealkylation sites (tertiary alicyclic amines) is 2. The number of carbonyl (C=O) groups excluding carboxylic acids is 1. The number of hydrogen-bond acceptors (Lipinski definition) is 3. The van der Waals surface area contributed by atoms with E-state index in [1.54, 1.807) is 0 Å². The summed E-state index contributed by atoms with van der Waals surface area (Å²) in [6.45, 7) is 9.68. The Morgan fingerprint density at radius 1 is 0.806 bits per heavy atom. The van der Waals surface area contributed by atoms with Crippen molar-refractivity contribution in [1.82, 2.24) is 9.80 Å². The highest BCUT2D eigenvalue weighted by Gasteiger charge is 2.49. The maximum Gasteiger partial charge on any atom is 0.249 e. The Kier molecular flexibility index (Phi) is 5.67. The second kappa shape index (κ2) is 8.19. The molecule has 1 amide bonds. The fraction of sp³-hybridized carbons (Fsp3) is 0.741. The van der Waals surface area contributed by atoms with Crippen molar-refractivity contribution < 1.29 is 4.79 Å². The van der Waals surface area contributed by atoms with Crippen LogP contribution in [0.4, 0.5) is 0 Å². The Hall–Kier alpha value is -1.39. The van der Waals surface area contributed by atoms with Gasteiger partial charge in [0.1, 0.15) is 0 Å². The summed E-state index contributed by atoms with van der Waals surface area (Å²) in [4.78, 5) is 18.5.